The number of likely N-dealkylation sites (tertiary alicyclic amines) is 1. The molecule has 23 heavy (non-hydrogen) atoms. The van der Waals surface area contributed by atoms with Gasteiger partial charge in [-0.25, -0.2) is 4.99 Å². The first-order chi connectivity index (χ1) is 11.2. The molecule has 0 saturated carbocycles. The molecule has 1 aromatic rings. The van der Waals surface area contributed by atoms with Crippen LogP contribution in [-0.4, -0.2) is 36.4 Å². The van der Waals surface area contributed by atoms with E-state index in [1.807, 2.05) is 24.3 Å². The molecule has 1 aromatic carbocycles. The summed E-state index contributed by atoms with van der Waals surface area (Å²) in [5.41, 5.74) is 7.81. The Morgan fingerprint density at radius 1 is 1.22 bits per heavy atom. The molecule has 5 nitrogen and oxygen atoms in total. The van der Waals surface area contributed by atoms with Gasteiger partial charge in [-0.2, -0.15) is 0 Å². The molecular weight excluding hydrogens is 288 g/mol. The minimum atomic E-state index is -0.0127. The van der Waals surface area contributed by atoms with E-state index in [0.29, 0.717) is 18.1 Å². The Bertz CT molecular complexity index is 518. The lowest BCUT2D eigenvalue weighted by molar-refractivity contribution is 0.0953. The number of rotatable bonds is 6. The first kappa shape index (κ1) is 17.3. The van der Waals surface area contributed by atoms with Gasteiger partial charge in [0, 0.05) is 25.2 Å². The number of nitrogens with two attached hydrogens (primary N) is 1. The van der Waals surface area contributed by atoms with Gasteiger partial charge in [-0.3, -0.25) is 4.79 Å². The SMILES string of the molecule is CCCCNC(=O)c1ccc(CN=C(N)N2CCCCC2)cc1. The van der Waals surface area contributed by atoms with Crippen molar-refractivity contribution in [1.82, 2.24) is 10.2 Å². The van der Waals surface area contributed by atoms with Gasteiger partial charge in [0.05, 0.1) is 6.54 Å². The van der Waals surface area contributed by atoms with E-state index < -0.39 is 0 Å². The third-order valence-electron chi connectivity index (χ3n) is 4.14. The van der Waals surface area contributed by atoms with Crippen LogP contribution in [0.2, 0.25) is 0 Å². The standard InChI is InChI=1S/C18H28N4O/c1-2-3-11-20-17(23)16-9-7-15(8-10-16)14-21-18(19)22-12-5-4-6-13-22/h7-10H,2-6,11-14H2,1H3,(H2,19,21)(H,20,23). The highest BCUT2D eigenvalue weighted by Crippen LogP contribution is 2.09. The van der Waals surface area contributed by atoms with Crippen LogP contribution < -0.4 is 11.1 Å². The zero-order valence-electron chi connectivity index (χ0n) is 14.1. The molecule has 2 rings (SSSR count). The smallest absolute Gasteiger partial charge is 0.251 e. The van der Waals surface area contributed by atoms with Crippen molar-refractivity contribution in [2.45, 2.75) is 45.6 Å². The summed E-state index contributed by atoms with van der Waals surface area (Å²) in [7, 11) is 0. The molecule has 0 atom stereocenters. The number of benzene rings is 1. The number of hydrogen-bond acceptors (Lipinski definition) is 2. The molecule has 0 bridgehead atoms. The number of hydrogen-bond donors (Lipinski definition) is 2. The fraction of sp³-hybridized carbons (Fsp3) is 0.556. The van der Waals surface area contributed by atoms with Crippen molar-refractivity contribution in [3.05, 3.63) is 35.4 Å². The Labute approximate surface area is 139 Å². The fourth-order valence-corrected chi connectivity index (χ4v) is 2.64. The van der Waals surface area contributed by atoms with E-state index in [2.05, 4.69) is 22.1 Å². The molecular formula is C18H28N4O. The molecule has 1 aliphatic heterocycles. The zero-order valence-corrected chi connectivity index (χ0v) is 14.1. The topological polar surface area (TPSA) is 70.7 Å². The maximum atomic E-state index is 11.9. The summed E-state index contributed by atoms with van der Waals surface area (Å²) in [6.45, 7) is 5.41. The summed E-state index contributed by atoms with van der Waals surface area (Å²) < 4.78 is 0. The van der Waals surface area contributed by atoms with Gasteiger partial charge < -0.3 is 16.0 Å². The maximum absolute atomic E-state index is 11.9. The molecule has 0 aromatic heterocycles. The Hall–Kier alpha value is -2.04. The average molecular weight is 316 g/mol. The minimum Gasteiger partial charge on any atom is -0.370 e. The molecule has 1 amide bonds. The quantitative estimate of drug-likeness (QED) is 0.481. The first-order valence-electron chi connectivity index (χ1n) is 8.62. The summed E-state index contributed by atoms with van der Waals surface area (Å²) in [6.07, 6.45) is 5.76. The average Bonchev–Trinajstić information content (AvgIpc) is 2.61. The van der Waals surface area contributed by atoms with Crippen molar-refractivity contribution < 1.29 is 4.79 Å². The highest BCUT2D eigenvalue weighted by molar-refractivity contribution is 5.94. The molecule has 0 unspecified atom stereocenters. The number of nitrogens with one attached hydrogen (secondary N) is 1. The Morgan fingerprint density at radius 3 is 2.57 bits per heavy atom. The number of amides is 1. The van der Waals surface area contributed by atoms with Crippen molar-refractivity contribution in [2.75, 3.05) is 19.6 Å². The number of aliphatic imine (C=N–C) groups is 1. The lowest BCUT2D eigenvalue weighted by atomic mass is 10.1. The summed E-state index contributed by atoms with van der Waals surface area (Å²) in [5.74, 6) is 0.618. The van der Waals surface area contributed by atoms with Crippen LogP contribution in [0, 0.1) is 0 Å². The van der Waals surface area contributed by atoms with Crippen molar-refractivity contribution in [1.29, 1.82) is 0 Å². The normalized spacial score (nSPS) is 15.5. The molecule has 0 aliphatic carbocycles. The second kappa shape index (κ2) is 9.18. The Kier molecular flexibility index (Phi) is 6.91. The molecule has 0 spiro atoms. The molecule has 1 fully saturated rings. The third-order valence-corrected chi connectivity index (χ3v) is 4.14. The number of piperidine rings is 1. The Balaban J connectivity index is 1.85. The fourth-order valence-electron chi connectivity index (χ4n) is 2.64. The summed E-state index contributed by atoms with van der Waals surface area (Å²) in [6, 6.07) is 7.59. The summed E-state index contributed by atoms with van der Waals surface area (Å²) in [4.78, 5) is 18.6. The van der Waals surface area contributed by atoms with E-state index in [-0.39, 0.29) is 5.91 Å². The minimum absolute atomic E-state index is 0.0127. The van der Waals surface area contributed by atoms with Gasteiger partial charge in [0.25, 0.3) is 5.91 Å². The van der Waals surface area contributed by atoms with Crippen molar-refractivity contribution in [3.8, 4) is 0 Å². The number of unbranched alkanes of at least 4 members (excludes halogenated alkanes) is 1. The van der Waals surface area contributed by atoms with Crippen LogP contribution in [0.1, 0.15) is 54.9 Å². The maximum Gasteiger partial charge on any atom is 0.251 e. The number of nitrogens with zero attached hydrogens (tertiary/aromatic N) is 2. The Morgan fingerprint density at radius 2 is 1.91 bits per heavy atom. The highest BCUT2D eigenvalue weighted by Gasteiger charge is 2.11. The van der Waals surface area contributed by atoms with E-state index in [1.165, 1.54) is 19.3 Å². The summed E-state index contributed by atoms with van der Waals surface area (Å²) >= 11 is 0. The molecule has 1 saturated heterocycles. The van der Waals surface area contributed by atoms with E-state index in [0.717, 1.165) is 38.0 Å². The largest absolute Gasteiger partial charge is 0.370 e. The molecule has 126 valence electrons. The van der Waals surface area contributed by atoms with Gasteiger partial charge in [0.2, 0.25) is 0 Å². The second-order valence-electron chi connectivity index (χ2n) is 6.03. The first-order valence-corrected chi connectivity index (χ1v) is 8.62. The molecule has 1 aliphatic rings. The van der Waals surface area contributed by atoms with E-state index in [1.54, 1.807) is 0 Å². The van der Waals surface area contributed by atoms with Crippen LogP contribution >= 0.6 is 0 Å². The van der Waals surface area contributed by atoms with Gasteiger partial charge in [-0.1, -0.05) is 25.5 Å². The van der Waals surface area contributed by atoms with Gasteiger partial charge in [0.1, 0.15) is 0 Å². The third kappa shape index (κ3) is 5.58. The van der Waals surface area contributed by atoms with Crippen LogP contribution in [-0.2, 0) is 6.54 Å². The van der Waals surface area contributed by atoms with Crippen molar-refractivity contribution in [2.24, 2.45) is 10.7 Å². The van der Waals surface area contributed by atoms with E-state index in [9.17, 15) is 4.79 Å². The number of carbonyl (C=O) groups excluding carboxylic acids is 1. The molecule has 3 N–H and O–H groups in total. The monoisotopic (exact) mass is 316 g/mol. The van der Waals surface area contributed by atoms with Crippen LogP contribution in [0.3, 0.4) is 0 Å². The lowest BCUT2D eigenvalue weighted by Crippen LogP contribution is -2.40. The van der Waals surface area contributed by atoms with Crippen LogP contribution in [0.5, 0.6) is 0 Å². The molecule has 0 radical (unpaired) electrons. The van der Waals surface area contributed by atoms with Crippen molar-refractivity contribution in [3.63, 3.8) is 0 Å². The predicted molar refractivity (Wildman–Crippen MR) is 94.4 cm³/mol. The van der Waals surface area contributed by atoms with Gasteiger partial charge in [0.15, 0.2) is 5.96 Å². The molecule has 5 heteroatoms. The zero-order chi connectivity index (χ0) is 16.5. The number of guanidine groups is 1. The van der Waals surface area contributed by atoms with E-state index >= 15 is 0 Å². The van der Waals surface area contributed by atoms with Crippen LogP contribution in [0.4, 0.5) is 0 Å². The van der Waals surface area contributed by atoms with Crippen LogP contribution in [0.15, 0.2) is 29.3 Å². The molecule has 1 heterocycles. The lowest BCUT2D eigenvalue weighted by Gasteiger charge is -2.27. The van der Waals surface area contributed by atoms with Gasteiger partial charge >= 0.3 is 0 Å². The van der Waals surface area contributed by atoms with Crippen molar-refractivity contribution >= 4 is 11.9 Å². The predicted octanol–water partition coefficient (Wildman–Crippen LogP) is 2.52. The van der Waals surface area contributed by atoms with Gasteiger partial charge in [-0.05, 0) is 43.4 Å². The second-order valence-corrected chi connectivity index (χ2v) is 6.03. The highest BCUT2D eigenvalue weighted by atomic mass is 16.1. The van der Waals surface area contributed by atoms with Gasteiger partial charge in [-0.15, -0.1) is 0 Å². The number of carbonyl (C=O) groups is 1. The van der Waals surface area contributed by atoms with E-state index in [4.69, 9.17) is 5.73 Å². The summed E-state index contributed by atoms with van der Waals surface area (Å²) in [5, 5.41) is 2.92. The van der Waals surface area contributed by atoms with Crippen LogP contribution in [0.25, 0.3) is 0 Å².